The van der Waals surface area contributed by atoms with Crippen molar-refractivity contribution in [2.75, 3.05) is 5.32 Å². The highest BCUT2D eigenvalue weighted by Gasteiger charge is 2.11. The highest BCUT2D eigenvalue weighted by atomic mass is 16.2. The molecule has 1 heterocycles. The van der Waals surface area contributed by atoms with Crippen LogP contribution in [-0.4, -0.2) is 17.1 Å². The van der Waals surface area contributed by atoms with Crippen molar-refractivity contribution in [1.29, 1.82) is 0 Å². The molecule has 96 valence electrons. The molecule has 1 atom stereocenters. The number of amides is 2. The summed E-state index contributed by atoms with van der Waals surface area (Å²) in [6, 6.07) is 7.74. The number of H-pyrrole nitrogens is 1. The molecule has 3 N–H and O–H groups in total. The van der Waals surface area contributed by atoms with Crippen LogP contribution in [0.15, 0.2) is 30.5 Å². The summed E-state index contributed by atoms with van der Waals surface area (Å²) in [5.41, 5.74) is 1.84. The van der Waals surface area contributed by atoms with E-state index in [1.165, 1.54) is 0 Å². The van der Waals surface area contributed by atoms with E-state index < -0.39 is 0 Å². The van der Waals surface area contributed by atoms with E-state index in [9.17, 15) is 4.79 Å². The number of hydrogen-bond acceptors (Lipinski definition) is 1. The maximum absolute atomic E-state index is 11.9. The third-order valence-electron chi connectivity index (χ3n) is 3.20. The molecule has 4 nitrogen and oxygen atoms in total. The number of urea groups is 1. The molecule has 0 fully saturated rings. The molecule has 2 rings (SSSR count). The molecule has 1 unspecified atom stereocenters. The van der Waals surface area contributed by atoms with Crippen LogP contribution in [0.1, 0.15) is 20.8 Å². The number of fused-ring (bicyclic) bond motifs is 1. The number of benzene rings is 1. The Labute approximate surface area is 107 Å². The number of anilines is 1. The molecular formula is C14H19N3O. The molecule has 2 amide bonds. The standard InChI is InChI=1S/C14H19N3O/c1-9(2)10(3)16-14(18)17-13-6-4-5-12-11(13)7-8-15-12/h4-10,15H,1-3H3,(H2,16,17,18). The van der Waals surface area contributed by atoms with Crippen LogP contribution in [-0.2, 0) is 0 Å². The first-order chi connectivity index (χ1) is 8.58. The average Bonchev–Trinajstić information content (AvgIpc) is 2.77. The Morgan fingerprint density at radius 2 is 2.00 bits per heavy atom. The molecule has 0 aliphatic heterocycles. The molecular weight excluding hydrogens is 226 g/mol. The molecule has 18 heavy (non-hydrogen) atoms. The summed E-state index contributed by atoms with van der Waals surface area (Å²) in [5, 5.41) is 6.83. The number of aromatic nitrogens is 1. The maximum atomic E-state index is 11.9. The summed E-state index contributed by atoms with van der Waals surface area (Å²) in [7, 11) is 0. The lowest BCUT2D eigenvalue weighted by Crippen LogP contribution is -2.39. The van der Waals surface area contributed by atoms with Gasteiger partial charge in [0.25, 0.3) is 0 Å². The van der Waals surface area contributed by atoms with Crippen LogP contribution in [0.25, 0.3) is 10.9 Å². The van der Waals surface area contributed by atoms with Crippen LogP contribution in [0.4, 0.5) is 10.5 Å². The number of carbonyl (C=O) groups excluding carboxylic acids is 1. The van der Waals surface area contributed by atoms with E-state index in [-0.39, 0.29) is 12.1 Å². The van der Waals surface area contributed by atoms with Crippen LogP contribution in [0.5, 0.6) is 0 Å². The van der Waals surface area contributed by atoms with Gasteiger partial charge in [-0.05, 0) is 31.0 Å². The van der Waals surface area contributed by atoms with Gasteiger partial charge in [-0.15, -0.1) is 0 Å². The monoisotopic (exact) mass is 245 g/mol. The van der Waals surface area contributed by atoms with Crippen molar-refractivity contribution >= 4 is 22.6 Å². The molecule has 0 saturated heterocycles. The Kier molecular flexibility index (Phi) is 3.55. The lowest BCUT2D eigenvalue weighted by atomic mass is 10.1. The summed E-state index contributed by atoms with van der Waals surface area (Å²) in [6.07, 6.45) is 1.87. The van der Waals surface area contributed by atoms with Gasteiger partial charge < -0.3 is 15.6 Å². The number of hydrogen-bond donors (Lipinski definition) is 3. The lowest BCUT2D eigenvalue weighted by molar-refractivity contribution is 0.246. The Hall–Kier alpha value is -1.97. The fraction of sp³-hybridized carbons (Fsp3) is 0.357. The second-order valence-corrected chi connectivity index (χ2v) is 4.88. The molecule has 0 spiro atoms. The average molecular weight is 245 g/mol. The molecule has 0 saturated carbocycles. The summed E-state index contributed by atoms with van der Waals surface area (Å²) in [5.74, 6) is 0.416. The third kappa shape index (κ3) is 2.64. The smallest absolute Gasteiger partial charge is 0.319 e. The van der Waals surface area contributed by atoms with Gasteiger partial charge in [0.05, 0.1) is 5.69 Å². The lowest BCUT2D eigenvalue weighted by Gasteiger charge is -2.18. The Balaban J connectivity index is 2.09. The third-order valence-corrected chi connectivity index (χ3v) is 3.20. The minimum absolute atomic E-state index is 0.149. The van der Waals surface area contributed by atoms with Crippen molar-refractivity contribution < 1.29 is 4.79 Å². The molecule has 4 heteroatoms. The number of nitrogens with one attached hydrogen (secondary N) is 3. The molecule has 0 aliphatic rings. The van der Waals surface area contributed by atoms with Gasteiger partial charge in [-0.3, -0.25) is 0 Å². The van der Waals surface area contributed by atoms with Crippen LogP contribution in [0.2, 0.25) is 0 Å². The van der Waals surface area contributed by atoms with E-state index >= 15 is 0 Å². The van der Waals surface area contributed by atoms with Gasteiger partial charge in [-0.1, -0.05) is 19.9 Å². The molecule has 1 aromatic carbocycles. The molecule has 2 aromatic rings. The first-order valence-electron chi connectivity index (χ1n) is 6.21. The fourth-order valence-electron chi connectivity index (χ4n) is 1.73. The van der Waals surface area contributed by atoms with E-state index in [1.54, 1.807) is 0 Å². The van der Waals surface area contributed by atoms with E-state index in [0.717, 1.165) is 16.6 Å². The summed E-state index contributed by atoms with van der Waals surface area (Å²) >= 11 is 0. The van der Waals surface area contributed by atoms with E-state index in [1.807, 2.05) is 37.4 Å². The number of rotatable bonds is 3. The molecule has 0 aliphatic carbocycles. The summed E-state index contributed by atoms with van der Waals surface area (Å²) < 4.78 is 0. The zero-order valence-corrected chi connectivity index (χ0v) is 10.9. The predicted molar refractivity (Wildman–Crippen MR) is 74.8 cm³/mol. The molecule has 1 aromatic heterocycles. The van der Waals surface area contributed by atoms with Crippen molar-refractivity contribution in [1.82, 2.24) is 10.3 Å². The van der Waals surface area contributed by atoms with Crippen LogP contribution < -0.4 is 10.6 Å². The van der Waals surface area contributed by atoms with Crippen molar-refractivity contribution in [2.24, 2.45) is 5.92 Å². The zero-order chi connectivity index (χ0) is 13.1. The Morgan fingerprint density at radius 1 is 1.22 bits per heavy atom. The highest BCUT2D eigenvalue weighted by molar-refractivity contribution is 6.00. The Morgan fingerprint density at radius 3 is 2.72 bits per heavy atom. The second-order valence-electron chi connectivity index (χ2n) is 4.88. The largest absolute Gasteiger partial charge is 0.361 e. The van der Waals surface area contributed by atoms with Crippen LogP contribution in [0, 0.1) is 5.92 Å². The van der Waals surface area contributed by atoms with Crippen molar-refractivity contribution in [3.8, 4) is 0 Å². The second kappa shape index (κ2) is 5.12. The van der Waals surface area contributed by atoms with Gasteiger partial charge in [-0.25, -0.2) is 4.79 Å². The van der Waals surface area contributed by atoms with Gasteiger partial charge in [0.1, 0.15) is 0 Å². The van der Waals surface area contributed by atoms with Crippen molar-refractivity contribution in [2.45, 2.75) is 26.8 Å². The van der Waals surface area contributed by atoms with Crippen molar-refractivity contribution in [3.63, 3.8) is 0 Å². The molecule has 0 bridgehead atoms. The quantitative estimate of drug-likeness (QED) is 0.763. The fourth-order valence-corrected chi connectivity index (χ4v) is 1.73. The topological polar surface area (TPSA) is 56.9 Å². The van der Waals surface area contributed by atoms with Crippen LogP contribution >= 0.6 is 0 Å². The first-order valence-corrected chi connectivity index (χ1v) is 6.21. The number of carbonyl (C=O) groups is 1. The maximum Gasteiger partial charge on any atom is 0.319 e. The minimum Gasteiger partial charge on any atom is -0.361 e. The normalized spacial score (nSPS) is 12.7. The zero-order valence-electron chi connectivity index (χ0n) is 10.9. The van der Waals surface area contributed by atoms with Gasteiger partial charge in [0.15, 0.2) is 0 Å². The summed E-state index contributed by atoms with van der Waals surface area (Å²) in [6.45, 7) is 6.16. The SMILES string of the molecule is CC(C)C(C)NC(=O)Nc1cccc2[nH]ccc12. The first kappa shape index (κ1) is 12.5. The van der Waals surface area contributed by atoms with Gasteiger partial charge >= 0.3 is 6.03 Å². The van der Waals surface area contributed by atoms with Gasteiger partial charge in [0.2, 0.25) is 0 Å². The predicted octanol–water partition coefficient (Wildman–Crippen LogP) is 3.33. The van der Waals surface area contributed by atoms with Crippen LogP contribution in [0.3, 0.4) is 0 Å². The minimum atomic E-state index is -0.162. The van der Waals surface area contributed by atoms with Gasteiger partial charge in [0, 0.05) is 23.1 Å². The Bertz CT molecular complexity index is 545. The van der Waals surface area contributed by atoms with Crippen molar-refractivity contribution in [3.05, 3.63) is 30.5 Å². The highest BCUT2D eigenvalue weighted by Crippen LogP contribution is 2.21. The van der Waals surface area contributed by atoms with Gasteiger partial charge in [-0.2, -0.15) is 0 Å². The van der Waals surface area contributed by atoms with E-state index in [4.69, 9.17) is 0 Å². The van der Waals surface area contributed by atoms with E-state index in [2.05, 4.69) is 29.5 Å². The molecule has 0 radical (unpaired) electrons. The summed E-state index contributed by atoms with van der Waals surface area (Å²) in [4.78, 5) is 15.0. The van der Waals surface area contributed by atoms with E-state index in [0.29, 0.717) is 5.92 Å². The number of aromatic amines is 1.